The summed E-state index contributed by atoms with van der Waals surface area (Å²) in [6.45, 7) is 0. The molecule has 0 aliphatic rings. The fourth-order valence-corrected chi connectivity index (χ4v) is 2.52. The fourth-order valence-electron chi connectivity index (χ4n) is 1.97. The third-order valence-electron chi connectivity index (χ3n) is 2.98. The van der Waals surface area contributed by atoms with Gasteiger partial charge < -0.3 is 5.11 Å². The van der Waals surface area contributed by atoms with Crippen molar-refractivity contribution in [3.63, 3.8) is 0 Å². The second kappa shape index (κ2) is 6.49. The van der Waals surface area contributed by atoms with Crippen molar-refractivity contribution in [1.82, 2.24) is 0 Å². The second-order valence-electron chi connectivity index (χ2n) is 4.39. The lowest BCUT2D eigenvalue weighted by Gasteiger charge is -2.15. The van der Waals surface area contributed by atoms with Crippen LogP contribution in [0.15, 0.2) is 42.5 Å². The number of hydrogen-bond acceptors (Lipinski definition) is 1. The van der Waals surface area contributed by atoms with Crippen LogP contribution in [-0.2, 0) is 11.2 Å². The van der Waals surface area contributed by atoms with Crippen LogP contribution >= 0.6 is 34.8 Å². The molecule has 2 nitrogen and oxygen atoms in total. The summed E-state index contributed by atoms with van der Waals surface area (Å²) < 4.78 is 0. The predicted octanol–water partition coefficient (Wildman–Crippen LogP) is 5.06. The molecule has 0 aliphatic heterocycles. The molecule has 0 radical (unpaired) electrons. The molecule has 2 aromatic carbocycles. The van der Waals surface area contributed by atoms with Gasteiger partial charge in [-0.15, -0.1) is 0 Å². The van der Waals surface area contributed by atoms with E-state index in [2.05, 4.69) is 0 Å². The van der Waals surface area contributed by atoms with Crippen molar-refractivity contribution in [1.29, 1.82) is 0 Å². The number of aliphatic carboxylic acids is 1. The Morgan fingerprint density at radius 1 is 1.00 bits per heavy atom. The molecule has 0 saturated carbocycles. The van der Waals surface area contributed by atoms with Gasteiger partial charge in [-0.1, -0.05) is 46.9 Å². The van der Waals surface area contributed by atoms with Crippen molar-refractivity contribution in [2.45, 2.75) is 12.3 Å². The van der Waals surface area contributed by atoms with Gasteiger partial charge >= 0.3 is 5.97 Å². The van der Waals surface area contributed by atoms with E-state index in [4.69, 9.17) is 34.8 Å². The SMILES string of the molecule is O=C(O)C(Cc1ccc(Cl)cc1)c1cc(Cl)ccc1Cl. The molecular formula is C15H11Cl3O2. The van der Waals surface area contributed by atoms with Crippen LogP contribution in [0.1, 0.15) is 17.0 Å². The van der Waals surface area contributed by atoms with E-state index in [1.54, 1.807) is 42.5 Å². The highest BCUT2D eigenvalue weighted by atomic mass is 35.5. The first kappa shape index (κ1) is 15.2. The summed E-state index contributed by atoms with van der Waals surface area (Å²) in [5.41, 5.74) is 1.39. The highest BCUT2D eigenvalue weighted by molar-refractivity contribution is 6.33. The number of carboxylic acid groups (broad SMARTS) is 1. The Bertz CT molecular complexity index is 624. The van der Waals surface area contributed by atoms with Crippen LogP contribution in [0.2, 0.25) is 15.1 Å². The minimum absolute atomic E-state index is 0.326. The summed E-state index contributed by atoms with van der Waals surface area (Å²) in [5.74, 6) is -1.69. The lowest BCUT2D eigenvalue weighted by atomic mass is 9.92. The molecule has 1 N–H and O–H groups in total. The summed E-state index contributed by atoms with van der Waals surface area (Å²) in [7, 11) is 0. The molecule has 0 fully saturated rings. The van der Waals surface area contributed by atoms with Gasteiger partial charge in [-0.3, -0.25) is 4.79 Å². The van der Waals surface area contributed by atoms with E-state index in [9.17, 15) is 9.90 Å². The molecule has 20 heavy (non-hydrogen) atoms. The highest BCUT2D eigenvalue weighted by Crippen LogP contribution is 2.30. The fraction of sp³-hybridized carbons (Fsp3) is 0.133. The quantitative estimate of drug-likeness (QED) is 0.851. The molecule has 0 aliphatic carbocycles. The minimum atomic E-state index is -0.941. The van der Waals surface area contributed by atoms with Crippen LogP contribution in [-0.4, -0.2) is 11.1 Å². The molecule has 2 aromatic rings. The molecule has 1 unspecified atom stereocenters. The Morgan fingerprint density at radius 2 is 1.60 bits per heavy atom. The van der Waals surface area contributed by atoms with Crippen molar-refractivity contribution in [2.75, 3.05) is 0 Å². The number of halogens is 3. The van der Waals surface area contributed by atoms with Crippen LogP contribution in [0.5, 0.6) is 0 Å². The van der Waals surface area contributed by atoms with E-state index in [0.29, 0.717) is 27.1 Å². The van der Waals surface area contributed by atoms with Gasteiger partial charge in [0, 0.05) is 15.1 Å². The van der Waals surface area contributed by atoms with Gasteiger partial charge in [-0.2, -0.15) is 0 Å². The number of benzene rings is 2. The summed E-state index contributed by atoms with van der Waals surface area (Å²) >= 11 is 17.8. The Kier molecular flexibility index (Phi) is 4.92. The molecule has 104 valence electrons. The normalized spacial score (nSPS) is 12.2. The largest absolute Gasteiger partial charge is 0.481 e. The van der Waals surface area contributed by atoms with Crippen LogP contribution < -0.4 is 0 Å². The second-order valence-corrected chi connectivity index (χ2v) is 5.67. The lowest BCUT2D eigenvalue weighted by Crippen LogP contribution is -2.15. The van der Waals surface area contributed by atoms with Crippen molar-refractivity contribution >= 4 is 40.8 Å². The number of carboxylic acids is 1. The zero-order chi connectivity index (χ0) is 14.7. The zero-order valence-corrected chi connectivity index (χ0v) is 12.6. The Hall–Kier alpha value is -1.22. The van der Waals surface area contributed by atoms with Crippen LogP contribution in [0, 0.1) is 0 Å². The van der Waals surface area contributed by atoms with Gasteiger partial charge in [0.25, 0.3) is 0 Å². The maximum absolute atomic E-state index is 11.5. The molecule has 0 heterocycles. The molecule has 1 atom stereocenters. The summed E-state index contributed by atoms with van der Waals surface area (Å²) in [6, 6.07) is 11.9. The van der Waals surface area contributed by atoms with Gasteiger partial charge in [-0.05, 0) is 47.9 Å². The molecule has 0 amide bonds. The topological polar surface area (TPSA) is 37.3 Å². The van der Waals surface area contributed by atoms with E-state index in [0.717, 1.165) is 5.56 Å². The third kappa shape index (κ3) is 3.66. The monoisotopic (exact) mass is 328 g/mol. The molecule has 0 aromatic heterocycles. The van der Waals surface area contributed by atoms with Crippen molar-refractivity contribution in [3.8, 4) is 0 Å². The van der Waals surface area contributed by atoms with E-state index in [-0.39, 0.29) is 0 Å². The third-order valence-corrected chi connectivity index (χ3v) is 3.82. The van der Waals surface area contributed by atoms with Crippen molar-refractivity contribution in [2.24, 2.45) is 0 Å². The molecule has 5 heteroatoms. The Labute approximate surface area is 131 Å². The van der Waals surface area contributed by atoms with E-state index in [1.165, 1.54) is 0 Å². The van der Waals surface area contributed by atoms with Gasteiger partial charge in [-0.25, -0.2) is 0 Å². The summed E-state index contributed by atoms with van der Waals surface area (Å²) in [4.78, 5) is 11.5. The molecule has 2 rings (SSSR count). The summed E-state index contributed by atoms with van der Waals surface area (Å²) in [6.07, 6.45) is 0.326. The number of rotatable bonds is 4. The smallest absolute Gasteiger partial charge is 0.311 e. The lowest BCUT2D eigenvalue weighted by molar-refractivity contribution is -0.138. The average molecular weight is 330 g/mol. The maximum atomic E-state index is 11.5. The minimum Gasteiger partial charge on any atom is -0.481 e. The van der Waals surface area contributed by atoms with Gasteiger partial charge in [0.05, 0.1) is 5.92 Å². The molecular weight excluding hydrogens is 319 g/mol. The number of hydrogen-bond donors (Lipinski definition) is 1. The first-order valence-corrected chi connectivity index (χ1v) is 7.03. The Morgan fingerprint density at radius 3 is 2.20 bits per heavy atom. The van der Waals surface area contributed by atoms with Crippen LogP contribution in [0.4, 0.5) is 0 Å². The predicted molar refractivity (Wildman–Crippen MR) is 82.0 cm³/mol. The van der Waals surface area contributed by atoms with E-state index in [1.807, 2.05) is 0 Å². The van der Waals surface area contributed by atoms with Crippen LogP contribution in [0.3, 0.4) is 0 Å². The maximum Gasteiger partial charge on any atom is 0.311 e. The Balaban J connectivity index is 2.34. The first-order valence-electron chi connectivity index (χ1n) is 5.89. The van der Waals surface area contributed by atoms with Crippen molar-refractivity contribution < 1.29 is 9.90 Å². The zero-order valence-electron chi connectivity index (χ0n) is 10.3. The van der Waals surface area contributed by atoms with Gasteiger partial charge in [0.1, 0.15) is 0 Å². The highest BCUT2D eigenvalue weighted by Gasteiger charge is 2.23. The standard InChI is InChI=1S/C15H11Cl3O2/c16-10-3-1-9(2-4-10)7-13(15(19)20)12-8-11(17)5-6-14(12)18/h1-6,8,13H,7H2,(H,19,20). The van der Waals surface area contributed by atoms with E-state index < -0.39 is 11.9 Å². The van der Waals surface area contributed by atoms with Crippen LogP contribution in [0.25, 0.3) is 0 Å². The average Bonchev–Trinajstić information content (AvgIpc) is 2.41. The molecule has 0 bridgehead atoms. The van der Waals surface area contributed by atoms with E-state index >= 15 is 0 Å². The summed E-state index contributed by atoms with van der Waals surface area (Å²) in [5, 5.41) is 10.9. The first-order chi connectivity index (χ1) is 9.47. The van der Waals surface area contributed by atoms with Gasteiger partial charge in [0.2, 0.25) is 0 Å². The van der Waals surface area contributed by atoms with Gasteiger partial charge in [0.15, 0.2) is 0 Å². The molecule has 0 spiro atoms. The molecule has 0 saturated heterocycles. The van der Waals surface area contributed by atoms with Crippen molar-refractivity contribution in [3.05, 3.63) is 68.7 Å². The number of carbonyl (C=O) groups is 1.